The minimum Gasteiger partial charge on any atom is -0.479 e. The molecule has 3 aromatic rings. The van der Waals surface area contributed by atoms with Crippen LogP contribution in [0.1, 0.15) is 47.2 Å². The second kappa shape index (κ2) is 13.5. The monoisotopic (exact) mass is 583 g/mol. The number of halogens is 3. The van der Waals surface area contributed by atoms with E-state index in [4.69, 9.17) is 28.3 Å². The molecular formula is C30H28Cl2FN3O4. The van der Waals surface area contributed by atoms with Crippen LogP contribution in [0, 0.1) is 0 Å². The van der Waals surface area contributed by atoms with E-state index in [9.17, 15) is 18.8 Å². The molecule has 40 heavy (non-hydrogen) atoms. The highest BCUT2D eigenvalue weighted by Gasteiger charge is 2.20. The first-order valence-corrected chi connectivity index (χ1v) is 13.5. The van der Waals surface area contributed by atoms with Gasteiger partial charge in [0.05, 0.1) is 13.1 Å². The highest BCUT2D eigenvalue weighted by molar-refractivity contribution is 6.35. The predicted octanol–water partition coefficient (Wildman–Crippen LogP) is 7.34. The van der Waals surface area contributed by atoms with Crippen LogP contribution in [-0.4, -0.2) is 35.7 Å². The van der Waals surface area contributed by atoms with Gasteiger partial charge in [-0.15, -0.1) is 0 Å². The standard InChI is InChI=1S/C30H28Cl2FN3O4/c31-23-14-24(32)16-25(15-23)35-30(40)36(26-12-10-21(11-13-26)20-4-2-1-3-5-20)18-19-6-8-22(9-7-19)28(37)34-17-27(33)29(38)39/h4,6-16,27H,1-3,5,17-18H2,(H,34,37)(H,35,40)(H,38,39). The molecule has 1 aliphatic rings. The number of carboxylic acids is 1. The average molecular weight is 584 g/mol. The Morgan fingerprint density at radius 3 is 2.23 bits per heavy atom. The van der Waals surface area contributed by atoms with E-state index in [1.54, 1.807) is 35.2 Å². The summed E-state index contributed by atoms with van der Waals surface area (Å²) < 4.78 is 13.3. The molecule has 1 atom stereocenters. The highest BCUT2D eigenvalue weighted by Crippen LogP contribution is 2.29. The fourth-order valence-electron chi connectivity index (χ4n) is 4.37. The molecule has 10 heteroatoms. The first kappa shape index (κ1) is 29.1. The maximum absolute atomic E-state index is 13.5. The van der Waals surface area contributed by atoms with Crippen LogP contribution in [0.15, 0.2) is 72.8 Å². The number of nitrogens with zero attached hydrogens (tertiary/aromatic N) is 1. The van der Waals surface area contributed by atoms with Gasteiger partial charge >= 0.3 is 12.0 Å². The van der Waals surface area contributed by atoms with E-state index in [1.165, 1.54) is 24.1 Å². The lowest BCUT2D eigenvalue weighted by molar-refractivity contribution is -0.142. The van der Waals surface area contributed by atoms with E-state index in [1.807, 2.05) is 24.3 Å². The van der Waals surface area contributed by atoms with E-state index in [0.717, 1.165) is 30.4 Å². The minimum atomic E-state index is -2.19. The van der Waals surface area contributed by atoms with E-state index in [0.29, 0.717) is 21.4 Å². The molecule has 0 radical (unpaired) electrons. The molecule has 7 nitrogen and oxygen atoms in total. The molecule has 0 saturated heterocycles. The Hall–Kier alpha value is -3.88. The van der Waals surface area contributed by atoms with Crippen molar-refractivity contribution in [3.63, 3.8) is 0 Å². The number of urea groups is 1. The summed E-state index contributed by atoms with van der Waals surface area (Å²) in [6.45, 7) is -0.458. The first-order valence-electron chi connectivity index (χ1n) is 12.8. The smallest absolute Gasteiger partial charge is 0.340 e. The summed E-state index contributed by atoms with van der Waals surface area (Å²) in [7, 11) is 0. The fourth-order valence-corrected chi connectivity index (χ4v) is 4.89. The zero-order chi connectivity index (χ0) is 28.6. The Morgan fingerprint density at radius 1 is 0.950 bits per heavy atom. The van der Waals surface area contributed by atoms with Gasteiger partial charge in [0, 0.05) is 27.0 Å². The van der Waals surface area contributed by atoms with Gasteiger partial charge in [-0.25, -0.2) is 14.0 Å². The average Bonchev–Trinajstić information content (AvgIpc) is 2.94. The summed E-state index contributed by atoms with van der Waals surface area (Å²) in [6.07, 6.45) is 4.52. The van der Waals surface area contributed by atoms with Crippen LogP contribution in [0.25, 0.3) is 5.57 Å². The summed E-state index contributed by atoms with van der Waals surface area (Å²) in [5, 5.41) is 14.5. The lowest BCUT2D eigenvalue weighted by Gasteiger charge is -2.24. The molecule has 0 spiro atoms. The van der Waals surface area contributed by atoms with Gasteiger partial charge in [0.25, 0.3) is 5.91 Å². The number of allylic oxidation sites excluding steroid dienone is 2. The van der Waals surface area contributed by atoms with Crippen molar-refractivity contribution in [2.24, 2.45) is 0 Å². The van der Waals surface area contributed by atoms with Gasteiger partial charge in [0.15, 0.2) is 0 Å². The third kappa shape index (κ3) is 7.83. The summed E-state index contributed by atoms with van der Waals surface area (Å²) in [6, 6.07) is 18.6. The van der Waals surface area contributed by atoms with E-state index >= 15 is 0 Å². The van der Waals surface area contributed by atoms with Crippen molar-refractivity contribution in [1.82, 2.24) is 5.32 Å². The number of hydrogen-bond donors (Lipinski definition) is 3. The highest BCUT2D eigenvalue weighted by atomic mass is 35.5. The Bertz CT molecular complexity index is 1390. The lowest BCUT2D eigenvalue weighted by Crippen LogP contribution is -2.35. The number of carboxylic acid groups (broad SMARTS) is 1. The zero-order valence-electron chi connectivity index (χ0n) is 21.5. The number of hydrogen-bond acceptors (Lipinski definition) is 3. The van der Waals surface area contributed by atoms with Gasteiger partial charge in [-0.05, 0) is 84.8 Å². The minimum absolute atomic E-state index is 0.176. The SMILES string of the molecule is O=C(NCC(F)C(=O)O)c1ccc(CN(C(=O)Nc2cc(Cl)cc(Cl)c2)c2ccc(C3=CCCCC3)cc2)cc1. The van der Waals surface area contributed by atoms with Crippen LogP contribution >= 0.6 is 23.2 Å². The molecule has 0 aliphatic heterocycles. The molecule has 3 amide bonds. The number of amides is 3. The molecule has 4 rings (SSSR count). The van der Waals surface area contributed by atoms with Gasteiger partial charge in [0.2, 0.25) is 6.17 Å². The normalized spacial score (nSPS) is 13.6. The second-order valence-corrected chi connectivity index (χ2v) is 10.3. The van der Waals surface area contributed by atoms with Crippen LogP contribution in [0.2, 0.25) is 10.0 Å². The van der Waals surface area contributed by atoms with Crippen molar-refractivity contribution in [3.05, 3.63) is 99.5 Å². The number of alkyl halides is 1. The maximum Gasteiger partial charge on any atom is 0.340 e. The van der Waals surface area contributed by atoms with Gasteiger partial charge in [-0.1, -0.05) is 53.5 Å². The molecular weight excluding hydrogens is 556 g/mol. The Balaban J connectivity index is 1.54. The van der Waals surface area contributed by atoms with Gasteiger partial charge in [-0.2, -0.15) is 0 Å². The van der Waals surface area contributed by atoms with Crippen LogP contribution < -0.4 is 15.5 Å². The first-order chi connectivity index (χ1) is 19.2. The quantitative estimate of drug-likeness (QED) is 0.245. The summed E-state index contributed by atoms with van der Waals surface area (Å²) in [5.74, 6) is -2.24. The topological polar surface area (TPSA) is 98.7 Å². The Morgan fingerprint density at radius 2 is 1.62 bits per heavy atom. The van der Waals surface area contributed by atoms with Crippen LogP contribution in [-0.2, 0) is 11.3 Å². The maximum atomic E-state index is 13.5. The largest absolute Gasteiger partial charge is 0.479 e. The number of carbonyl (C=O) groups excluding carboxylic acids is 2. The molecule has 1 aliphatic carbocycles. The number of benzene rings is 3. The Labute approximate surface area is 241 Å². The number of carbonyl (C=O) groups is 3. The molecule has 3 N–H and O–H groups in total. The van der Waals surface area contributed by atoms with E-state index in [2.05, 4.69) is 16.7 Å². The van der Waals surface area contributed by atoms with E-state index < -0.39 is 30.6 Å². The summed E-state index contributed by atoms with van der Waals surface area (Å²) in [5.41, 5.74) is 4.49. The number of nitrogens with one attached hydrogen (secondary N) is 2. The molecule has 0 heterocycles. The molecule has 0 fully saturated rings. The molecule has 208 valence electrons. The van der Waals surface area contributed by atoms with Crippen molar-refractivity contribution >= 4 is 58.1 Å². The van der Waals surface area contributed by atoms with Crippen molar-refractivity contribution in [3.8, 4) is 0 Å². The number of rotatable bonds is 9. The molecule has 1 unspecified atom stereocenters. The van der Waals surface area contributed by atoms with Crippen molar-refractivity contribution in [1.29, 1.82) is 0 Å². The van der Waals surface area contributed by atoms with E-state index in [-0.39, 0.29) is 12.1 Å². The summed E-state index contributed by atoms with van der Waals surface area (Å²) >= 11 is 12.2. The second-order valence-electron chi connectivity index (χ2n) is 9.41. The number of aliphatic carboxylic acids is 1. The Kier molecular flexibility index (Phi) is 9.79. The van der Waals surface area contributed by atoms with Crippen LogP contribution in [0.4, 0.5) is 20.6 Å². The lowest BCUT2D eigenvalue weighted by atomic mass is 9.93. The fraction of sp³-hybridized carbons (Fsp3) is 0.233. The van der Waals surface area contributed by atoms with Crippen molar-refractivity contribution in [2.75, 3.05) is 16.8 Å². The summed E-state index contributed by atoms with van der Waals surface area (Å²) in [4.78, 5) is 38.0. The molecule has 0 aromatic heterocycles. The molecule has 0 bridgehead atoms. The van der Waals surface area contributed by atoms with Crippen LogP contribution in [0.5, 0.6) is 0 Å². The predicted molar refractivity (Wildman–Crippen MR) is 156 cm³/mol. The molecule has 0 saturated carbocycles. The third-order valence-electron chi connectivity index (χ3n) is 6.47. The molecule has 3 aromatic carbocycles. The van der Waals surface area contributed by atoms with Gasteiger partial charge in [-0.3, -0.25) is 9.69 Å². The van der Waals surface area contributed by atoms with Crippen molar-refractivity contribution in [2.45, 2.75) is 38.4 Å². The van der Waals surface area contributed by atoms with Gasteiger partial charge in [0.1, 0.15) is 0 Å². The van der Waals surface area contributed by atoms with Crippen molar-refractivity contribution < 1.29 is 23.9 Å². The third-order valence-corrected chi connectivity index (χ3v) is 6.90. The van der Waals surface area contributed by atoms with Crippen LogP contribution in [0.3, 0.4) is 0 Å². The number of anilines is 2. The van der Waals surface area contributed by atoms with Gasteiger partial charge < -0.3 is 15.7 Å². The zero-order valence-corrected chi connectivity index (χ0v) is 23.0.